The van der Waals surface area contributed by atoms with Crippen molar-refractivity contribution >= 4 is 19.8 Å². The summed E-state index contributed by atoms with van der Waals surface area (Å²) in [6, 6.07) is 0. The molecule has 2 atom stereocenters. The van der Waals surface area contributed by atoms with Gasteiger partial charge in [-0.1, -0.05) is 456 Å². The molecule has 10 heteroatoms. The average Bonchev–Trinajstić information content (AvgIpc) is 1.90. The zero-order valence-corrected chi connectivity index (χ0v) is 65.8. The zero-order chi connectivity index (χ0) is 69.3. The van der Waals surface area contributed by atoms with E-state index in [4.69, 9.17) is 24.3 Å². The van der Waals surface area contributed by atoms with Crippen LogP contribution in [0.15, 0.2) is 12.2 Å². The van der Waals surface area contributed by atoms with Crippen LogP contribution in [0.1, 0.15) is 495 Å². The van der Waals surface area contributed by atoms with E-state index in [1.807, 2.05) is 0 Å². The first-order chi connectivity index (χ1) is 47.3. The summed E-state index contributed by atoms with van der Waals surface area (Å²) < 4.78 is 33.3. The lowest BCUT2D eigenvalue weighted by Gasteiger charge is -2.19. The Kier molecular flexibility index (Phi) is 81.6. The minimum Gasteiger partial charge on any atom is -0.462 e. The predicted molar refractivity (Wildman–Crippen MR) is 418 cm³/mol. The second kappa shape index (κ2) is 82.7. The first-order valence-corrected chi connectivity index (χ1v) is 45.2. The maximum Gasteiger partial charge on any atom is 0.472 e. The minimum atomic E-state index is -4.39. The standard InChI is InChI=1S/C86H170NO8P/c1-3-5-7-9-11-13-15-17-19-21-23-25-27-29-31-33-35-37-39-41-43-44-46-48-50-52-54-56-58-60-62-64-66-68-70-72-74-76-78-85(88)92-82-84(83-94-96(90,91)93-81-80-87)95-86(89)79-77-75-73-71-69-67-65-63-61-59-57-55-53-51-49-47-45-42-40-38-36-34-32-30-28-26-24-22-20-18-16-14-12-10-8-6-4-2/h22,24,84H,3-21,23,25-83,87H2,1-2H3,(H,90,91)/b24-22-. The molecule has 9 nitrogen and oxygen atoms in total. The zero-order valence-electron chi connectivity index (χ0n) is 64.9. The Labute approximate surface area is 600 Å². The summed E-state index contributed by atoms with van der Waals surface area (Å²) >= 11 is 0. The topological polar surface area (TPSA) is 134 Å². The second-order valence-corrected chi connectivity index (χ2v) is 31.6. The molecule has 0 aliphatic rings. The largest absolute Gasteiger partial charge is 0.472 e. The number of phosphoric ester groups is 1. The summed E-state index contributed by atoms with van der Waals surface area (Å²) in [6.07, 6.45) is 104. The van der Waals surface area contributed by atoms with E-state index in [-0.39, 0.29) is 38.6 Å². The number of carbonyl (C=O) groups excluding carboxylic acids is 2. The Morgan fingerprint density at radius 3 is 0.740 bits per heavy atom. The van der Waals surface area contributed by atoms with Crippen LogP contribution < -0.4 is 5.73 Å². The maximum atomic E-state index is 12.8. The summed E-state index contributed by atoms with van der Waals surface area (Å²) in [5.74, 6) is -0.794. The van der Waals surface area contributed by atoms with Gasteiger partial charge in [0.15, 0.2) is 6.10 Å². The third-order valence-electron chi connectivity index (χ3n) is 20.4. The lowest BCUT2D eigenvalue weighted by molar-refractivity contribution is -0.161. The Morgan fingerprint density at radius 1 is 0.302 bits per heavy atom. The summed E-state index contributed by atoms with van der Waals surface area (Å²) in [5.41, 5.74) is 5.42. The van der Waals surface area contributed by atoms with Crippen molar-refractivity contribution < 1.29 is 37.6 Å². The maximum absolute atomic E-state index is 12.8. The Bertz CT molecular complexity index is 1580. The van der Waals surface area contributed by atoms with Crippen molar-refractivity contribution in [2.24, 2.45) is 5.73 Å². The molecule has 0 saturated carbocycles. The van der Waals surface area contributed by atoms with Crippen LogP contribution in [-0.4, -0.2) is 49.3 Å². The normalized spacial score (nSPS) is 12.8. The van der Waals surface area contributed by atoms with Crippen LogP contribution in [0.25, 0.3) is 0 Å². The van der Waals surface area contributed by atoms with E-state index in [0.717, 1.165) is 32.1 Å². The van der Waals surface area contributed by atoms with Gasteiger partial charge in [0.2, 0.25) is 0 Å². The fourth-order valence-electron chi connectivity index (χ4n) is 13.9. The number of ether oxygens (including phenoxy) is 2. The highest BCUT2D eigenvalue weighted by atomic mass is 31.2. The molecular weight excluding hydrogens is 1210 g/mol. The molecule has 0 aliphatic carbocycles. The molecule has 0 heterocycles. The molecule has 0 fully saturated rings. The van der Waals surface area contributed by atoms with Crippen LogP contribution in [0.3, 0.4) is 0 Å². The third-order valence-corrected chi connectivity index (χ3v) is 21.4. The molecule has 0 spiro atoms. The number of rotatable bonds is 85. The van der Waals surface area contributed by atoms with Gasteiger partial charge in [0.1, 0.15) is 6.61 Å². The number of hydrogen-bond acceptors (Lipinski definition) is 8. The smallest absolute Gasteiger partial charge is 0.462 e. The summed E-state index contributed by atoms with van der Waals surface area (Å²) in [5, 5.41) is 0. The second-order valence-electron chi connectivity index (χ2n) is 30.1. The number of allylic oxidation sites excluding steroid dienone is 2. The van der Waals surface area contributed by atoms with E-state index >= 15 is 0 Å². The van der Waals surface area contributed by atoms with E-state index in [9.17, 15) is 19.0 Å². The van der Waals surface area contributed by atoms with E-state index in [1.54, 1.807) is 0 Å². The van der Waals surface area contributed by atoms with Crippen LogP contribution >= 0.6 is 7.82 Å². The van der Waals surface area contributed by atoms with E-state index in [2.05, 4.69) is 26.0 Å². The first kappa shape index (κ1) is 94.8. The molecule has 0 aromatic rings. The number of nitrogens with two attached hydrogens (primary N) is 1. The Morgan fingerprint density at radius 2 is 0.510 bits per heavy atom. The van der Waals surface area contributed by atoms with Gasteiger partial charge in [0.25, 0.3) is 0 Å². The monoisotopic (exact) mass is 1380 g/mol. The lowest BCUT2D eigenvalue weighted by Crippen LogP contribution is -2.29. The molecular formula is C86H170NO8P. The van der Waals surface area contributed by atoms with Gasteiger partial charge >= 0.3 is 19.8 Å². The highest BCUT2D eigenvalue weighted by molar-refractivity contribution is 7.47. The average molecular weight is 1380 g/mol. The van der Waals surface area contributed by atoms with Gasteiger partial charge < -0.3 is 20.1 Å². The van der Waals surface area contributed by atoms with Crippen molar-refractivity contribution in [2.45, 2.75) is 502 Å². The molecule has 96 heavy (non-hydrogen) atoms. The van der Waals surface area contributed by atoms with E-state index < -0.39 is 26.5 Å². The van der Waals surface area contributed by atoms with Crippen molar-refractivity contribution in [2.75, 3.05) is 26.4 Å². The van der Waals surface area contributed by atoms with Crippen molar-refractivity contribution in [1.29, 1.82) is 0 Å². The molecule has 0 aromatic carbocycles. The van der Waals surface area contributed by atoms with Crippen molar-refractivity contribution in [1.82, 2.24) is 0 Å². The van der Waals surface area contributed by atoms with Gasteiger partial charge in [-0.2, -0.15) is 0 Å². The van der Waals surface area contributed by atoms with Crippen LogP contribution in [0.4, 0.5) is 0 Å². The lowest BCUT2D eigenvalue weighted by atomic mass is 10.0. The molecule has 0 saturated heterocycles. The number of phosphoric acid groups is 1. The number of carbonyl (C=O) groups is 2. The van der Waals surface area contributed by atoms with Gasteiger partial charge in [0, 0.05) is 19.4 Å². The molecule has 0 amide bonds. The quantitative estimate of drug-likeness (QED) is 0.0264. The molecule has 0 aromatic heterocycles. The fraction of sp³-hybridized carbons (Fsp3) is 0.953. The molecule has 2 unspecified atom stereocenters. The Hall–Kier alpha value is -1.25. The predicted octanol–water partition coefficient (Wildman–Crippen LogP) is 29.4. The van der Waals surface area contributed by atoms with Gasteiger partial charge in [-0.25, -0.2) is 4.57 Å². The minimum absolute atomic E-state index is 0.0583. The van der Waals surface area contributed by atoms with Gasteiger partial charge in [0.05, 0.1) is 13.2 Å². The summed E-state index contributed by atoms with van der Waals surface area (Å²) in [7, 11) is -4.39. The van der Waals surface area contributed by atoms with Gasteiger partial charge in [-0.3, -0.25) is 18.6 Å². The fourth-order valence-corrected chi connectivity index (χ4v) is 14.7. The van der Waals surface area contributed by atoms with Gasteiger partial charge in [-0.15, -0.1) is 0 Å². The summed E-state index contributed by atoms with van der Waals surface area (Å²) in [4.78, 5) is 35.5. The Balaban J connectivity index is 3.69. The first-order valence-electron chi connectivity index (χ1n) is 43.7. The van der Waals surface area contributed by atoms with Gasteiger partial charge in [-0.05, 0) is 38.5 Å². The van der Waals surface area contributed by atoms with E-state index in [1.165, 1.54) is 430 Å². The van der Waals surface area contributed by atoms with Crippen LogP contribution in [0.2, 0.25) is 0 Å². The molecule has 0 bridgehead atoms. The molecule has 0 rings (SSSR count). The van der Waals surface area contributed by atoms with Crippen molar-refractivity contribution in [3.8, 4) is 0 Å². The van der Waals surface area contributed by atoms with Crippen molar-refractivity contribution in [3.05, 3.63) is 12.2 Å². The van der Waals surface area contributed by atoms with Crippen molar-refractivity contribution in [3.63, 3.8) is 0 Å². The molecule has 572 valence electrons. The third kappa shape index (κ3) is 81.7. The highest BCUT2D eigenvalue weighted by Crippen LogP contribution is 2.43. The van der Waals surface area contributed by atoms with Crippen LogP contribution in [-0.2, 0) is 32.7 Å². The SMILES string of the molecule is CCCCCCCCCC/C=C\CCCCCCCCCCCCCCCCCCCCCCCCCCCC(=O)OC(COC(=O)CCCCCCCCCCCCCCCCCCCCCCCCCCCCCCCCCCCCCCCC)COP(=O)(O)OCCN. The molecule has 3 N–H and O–H groups in total. The van der Waals surface area contributed by atoms with Crippen LogP contribution in [0.5, 0.6) is 0 Å². The number of hydrogen-bond donors (Lipinski definition) is 2. The van der Waals surface area contributed by atoms with Crippen LogP contribution in [0, 0.1) is 0 Å². The van der Waals surface area contributed by atoms with E-state index in [0.29, 0.717) is 6.42 Å². The highest BCUT2D eigenvalue weighted by Gasteiger charge is 2.26. The number of unbranched alkanes of at least 4 members (excludes halogenated alkanes) is 70. The number of esters is 2. The molecule has 0 radical (unpaired) electrons. The molecule has 0 aliphatic heterocycles. The summed E-state index contributed by atoms with van der Waals surface area (Å²) in [6.45, 7) is 3.85.